The number of amides is 1. The second-order valence-corrected chi connectivity index (χ2v) is 5.86. The van der Waals surface area contributed by atoms with Crippen LogP contribution in [0.3, 0.4) is 0 Å². The summed E-state index contributed by atoms with van der Waals surface area (Å²) in [6.45, 7) is 9.83. The molecule has 1 rings (SSSR count). The van der Waals surface area contributed by atoms with Gasteiger partial charge in [0.1, 0.15) is 0 Å². The molecule has 126 valence electrons. The van der Waals surface area contributed by atoms with Crippen molar-refractivity contribution < 1.29 is 19.1 Å². The van der Waals surface area contributed by atoms with Crippen molar-refractivity contribution in [1.82, 2.24) is 5.32 Å². The van der Waals surface area contributed by atoms with Gasteiger partial charge in [-0.3, -0.25) is 4.79 Å². The van der Waals surface area contributed by atoms with Crippen LogP contribution in [0, 0.1) is 5.92 Å². The quantitative estimate of drug-likeness (QED) is 0.734. The number of esters is 1. The molecule has 22 heavy (non-hydrogen) atoms. The maximum atomic E-state index is 12.0. The Hall–Kier alpha value is -1.36. The Morgan fingerprint density at radius 2 is 1.95 bits per heavy atom. The van der Waals surface area contributed by atoms with E-state index < -0.39 is 0 Å². The number of ether oxygens (including phenoxy) is 2. The molecule has 0 aromatic heterocycles. The fourth-order valence-corrected chi connectivity index (χ4v) is 2.83. The summed E-state index contributed by atoms with van der Waals surface area (Å²) in [6, 6.07) is -0.115. The van der Waals surface area contributed by atoms with E-state index >= 15 is 0 Å². The number of hydrogen-bond donors (Lipinski definition) is 1. The van der Waals surface area contributed by atoms with Crippen LogP contribution in [-0.4, -0.2) is 36.7 Å². The van der Waals surface area contributed by atoms with Crippen molar-refractivity contribution in [3.05, 3.63) is 11.6 Å². The molecule has 0 bridgehead atoms. The Bertz CT molecular complexity index is 415. The van der Waals surface area contributed by atoms with Crippen LogP contribution in [-0.2, 0) is 19.1 Å². The Balaban J connectivity index is 2.98. The summed E-state index contributed by atoms with van der Waals surface area (Å²) < 4.78 is 11.2. The Kier molecular flexibility index (Phi) is 7.59. The van der Waals surface area contributed by atoms with Gasteiger partial charge in [-0.1, -0.05) is 20.8 Å². The van der Waals surface area contributed by atoms with Crippen LogP contribution < -0.4 is 5.32 Å². The smallest absolute Gasteiger partial charge is 0.333 e. The van der Waals surface area contributed by atoms with E-state index in [2.05, 4.69) is 19.2 Å². The lowest BCUT2D eigenvalue weighted by atomic mass is 9.83. The van der Waals surface area contributed by atoms with Gasteiger partial charge in [0, 0.05) is 12.5 Å². The first-order valence-corrected chi connectivity index (χ1v) is 8.23. The van der Waals surface area contributed by atoms with Crippen molar-refractivity contribution in [1.29, 1.82) is 0 Å². The maximum absolute atomic E-state index is 12.0. The lowest BCUT2D eigenvalue weighted by Crippen LogP contribution is -2.50. The van der Waals surface area contributed by atoms with Crippen molar-refractivity contribution in [2.24, 2.45) is 5.92 Å². The molecular formula is C17H29NO4. The molecule has 1 N–H and O–H groups in total. The maximum Gasteiger partial charge on any atom is 0.333 e. The van der Waals surface area contributed by atoms with Gasteiger partial charge in [-0.15, -0.1) is 0 Å². The highest BCUT2D eigenvalue weighted by Gasteiger charge is 2.35. The minimum absolute atomic E-state index is 0.0806. The van der Waals surface area contributed by atoms with E-state index in [1.165, 1.54) is 6.92 Å². The summed E-state index contributed by atoms with van der Waals surface area (Å²) in [5, 5.41) is 2.97. The van der Waals surface area contributed by atoms with E-state index in [1.54, 1.807) is 6.92 Å². The summed E-state index contributed by atoms with van der Waals surface area (Å²) in [7, 11) is 0. The lowest BCUT2D eigenvalue weighted by Gasteiger charge is -2.36. The largest absolute Gasteiger partial charge is 0.463 e. The average Bonchev–Trinajstić information content (AvgIpc) is 2.47. The van der Waals surface area contributed by atoms with Gasteiger partial charge in [0.25, 0.3) is 0 Å². The molecule has 5 heteroatoms. The van der Waals surface area contributed by atoms with E-state index in [1.807, 2.05) is 13.0 Å². The normalized spacial score (nSPS) is 24.8. The Labute approximate surface area is 133 Å². The SMILES string of the molecule is CCOC(=O)C1=C[C@@H](OC(CC)CC)[C@H](NC(C)=O)[C@@H](C)C1. The van der Waals surface area contributed by atoms with Gasteiger partial charge in [-0.25, -0.2) is 4.79 Å². The second kappa shape index (κ2) is 8.93. The minimum atomic E-state index is -0.294. The first-order valence-electron chi connectivity index (χ1n) is 8.23. The highest BCUT2D eigenvalue weighted by Crippen LogP contribution is 2.28. The molecule has 5 nitrogen and oxygen atoms in total. The van der Waals surface area contributed by atoms with E-state index in [9.17, 15) is 9.59 Å². The summed E-state index contributed by atoms with van der Waals surface area (Å²) in [4.78, 5) is 23.5. The fourth-order valence-electron chi connectivity index (χ4n) is 2.83. The monoisotopic (exact) mass is 311 g/mol. The van der Waals surface area contributed by atoms with Gasteiger partial charge < -0.3 is 14.8 Å². The highest BCUT2D eigenvalue weighted by atomic mass is 16.5. The second-order valence-electron chi connectivity index (χ2n) is 5.86. The van der Waals surface area contributed by atoms with E-state index in [-0.39, 0.29) is 36.0 Å². The first-order chi connectivity index (χ1) is 10.4. The third kappa shape index (κ3) is 5.13. The van der Waals surface area contributed by atoms with Gasteiger partial charge in [0.2, 0.25) is 5.91 Å². The van der Waals surface area contributed by atoms with Crippen LogP contribution in [0.2, 0.25) is 0 Å². The number of nitrogens with one attached hydrogen (secondary N) is 1. The van der Waals surface area contributed by atoms with Crippen LogP contribution in [0.25, 0.3) is 0 Å². The van der Waals surface area contributed by atoms with E-state index in [0.717, 1.165) is 12.8 Å². The summed E-state index contributed by atoms with van der Waals surface area (Å²) in [5.41, 5.74) is 0.645. The number of rotatable bonds is 7. The topological polar surface area (TPSA) is 64.6 Å². The molecule has 0 spiro atoms. The zero-order chi connectivity index (χ0) is 16.7. The van der Waals surface area contributed by atoms with Gasteiger partial charge in [-0.2, -0.15) is 0 Å². The van der Waals surface area contributed by atoms with Crippen LogP contribution in [0.1, 0.15) is 53.9 Å². The summed E-state index contributed by atoms with van der Waals surface area (Å²) in [6.07, 6.45) is 4.04. The predicted molar refractivity (Wildman–Crippen MR) is 85.3 cm³/mol. The molecule has 1 aliphatic rings. The molecular weight excluding hydrogens is 282 g/mol. The predicted octanol–water partition coefficient (Wildman–Crippen LogP) is 2.59. The number of carbonyl (C=O) groups is 2. The van der Waals surface area contributed by atoms with Crippen molar-refractivity contribution in [3.63, 3.8) is 0 Å². The average molecular weight is 311 g/mol. The Morgan fingerprint density at radius 3 is 2.45 bits per heavy atom. The van der Waals surface area contributed by atoms with Crippen LogP contribution >= 0.6 is 0 Å². The molecule has 0 aromatic carbocycles. The zero-order valence-electron chi connectivity index (χ0n) is 14.3. The third-order valence-corrected chi connectivity index (χ3v) is 4.04. The molecule has 1 amide bonds. The summed E-state index contributed by atoms with van der Waals surface area (Å²) in [5.74, 6) is -0.246. The lowest BCUT2D eigenvalue weighted by molar-refractivity contribution is -0.139. The van der Waals surface area contributed by atoms with Crippen LogP contribution in [0.15, 0.2) is 11.6 Å². The van der Waals surface area contributed by atoms with Crippen molar-refractivity contribution in [3.8, 4) is 0 Å². The standard InChI is InChI=1S/C17H29NO4/c1-6-14(7-2)22-15-10-13(17(20)21-8-3)9-11(4)16(15)18-12(5)19/h10-11,14-16H,6-9H2,1-5H3,(H,18,19)/t11-,15+,16+/m0/s1. The van der Waals surface area contributed by atoms with Gasteiger partial charge in [0.15, 0.2) is 0 Å². The molecule has 0 saturated heterocycles. The molecule has 0 saturated carbocycles. The fraction of sp³-hybridized carbons (Fsp3) is 0.765. The number of carbonyl (C=O) groups excluding carboxylic acids is 2. The molecule has 0 aliphatic heterocycles. The van der Waals surface area contributed by atoms with Crippen LogP contribution in [0.4, 0.5) is 0 Å². The van der Waals surface area contributed by atoms with Gasteiger partial charge in [-0.05, 0) is 38.2 Å². The summed E-state index contributed by atoms with van der Waals surface area (Å²) >= 11 is 0. The molecule has 0 aromatic rings. The van der Waals surface area contributed by atoms with E-state index in [0.29, 0.717) is 18.6 Å². The number of hydrogen-bond acceptors (Lipinski definition) is 4. The van der Waals surface area contributed by atoms with Crippen molar-refractivity contribution in [2.45, 2.75) is 72.1 Å². The molecule has 3 atom stereocenters. The zero-order valence-corrected chi connectivity index (χ0v) is 14.3. The first kappa shape index (κ1) is 18.7. The van der Waals surface area contributed by atoms with Crippen molar-refractivity contribution >= 4 is 11.9 Å². The third-order valence-electron chi connectivity index (χ3n) is 4.04. The van der Waals surface area contributed by atoms with E-state index in [4.69, 9.17) is 9.47 Å². The molecule has 0 unspecified atom stereocenters. The highest BCUT2D eigenvalue weighted by molar-refractivity contribution is 5.89. The Morgan fingerprint density at radius 1 is 1.32 bits per heavy atom. The van der Waals surface area contributed by atoms with Gasteiger partial charge >= 0.3 is 5.97 Å². The van der Waals surface area contributed by atoms with Gasteiger partial charge in [0.05, 0.1) is 24.9 Å². The molecule has 0 heterocycles. The van der Waals surface area contributed by atoms with Crippen molar-refractivity contribution in [2.75, 3.05) is 6.61 Å². The molecule has 0 fully saturated rings. The molecule has 0 radical (unpaired) electrons. The van der Waals surface area contributed by atoms with Crippen LogP contribution in [0.5, 0.6) is 0 Å². The molecule has 1 aliphatic carbocycles. The minimum Gasteiger partial charge on any atom is -0.463 e.